The van der Waals surface area contributed by atoms with Crippen LogP contribution in [0, 0.1) is 10.6 Å². The molecule has 3 rings (SSSR count). The lowest BCUT2D eigenvalue weighted by Gasteiger charge is -2.18. The summed E-state index contributed by atoms with van der Waals surface area (Å²) < 4.78 is 5.10. The van der Waals surface area contributed by atoms with Crippen LogP contribution < -0.4 is 9.75 Å². The summed E-state index contributed by atoms with van der Waals surface area (Å²) in [7, 11) is 1.58. The SMILES string of the molecule is COc1ccc(N2C(=O)C3(CCCC3)C(C)=[N+]2[O-])cc1. The molecule has 0 N–H and O–H groups in total. The number of nitrogens with zero attached hydrogens (tertiary/aromatic N) is 2. The lowest BCUT2D eigenvalue weighted by molar-refractivity contribution is -0.456. The molecule has 1 aliphatic heterocycles. The Morgan fingerprint density at radius 1 is 1.25 bits per heavy atom. The lowest BCUT2D eigenvalue weighted by atomic mass is 9.81. The maximum Gasteiger partial charge on any atom is 0.301 e. The van der Waals surface area contributed by atoms with Gasteiger partial charge in [0.05, 0.1) is 7.11 Å². The Bertz CT molecular complexity index is 571. The molecule has 0 unspecified atom stereocenters. The summed E-state index contributed by atoms with van der Waals surface area (Å²) in [5, 5.41) is 13.6. The van der Waals surface area contributed by atoms with E-state index in [9.17, 15) is 10.0 Å². The van der Waals surface area contributed by atoms with Crippen LogP contribution >= 0.6 is 0 Å². The third kappa shape index (κ3) is 1.62. The maximum absolute atomic E-state index is 12.7. The van der Waals surface area contributed by atoms with Gasteiger partial charge in [-0.1, -0.05) is 22.7 Å². The third-order valence-corrected chi connectivity index (χ3v) is 4.54. The van der Waals surface area contributed by atoms with Crippen molar-refractivity contribution in [3.63, 3.8) is 0 Å². The second kappa shape index (κ2) is 4.51. The molecule has 5 nitrogen and oxygen atoms in total. The number of carbonyl (C=O) groups is 1. The van der Waals surface area contributed by atoms with Crippen molar-refractivity contribution in [2.75, 3.05) is 12.1 Å². The molecule has 5 heteroatoms. The maximum atomic E-state index is 12.7. The van der Waals surface area contributed by atoms with E-state index < -0.39 is 5.41 Å². The Morgan fingerprint density at radius 2 is 1.85 bits per heavy atom. The number of ether oxygens (including phenoxy) is 1. The first kappa shape index (κ1) is 13.0. The van der Waals surface area contributed by atoms with E-state index in [4.69, 9.17) is 4.74 Å². The van der Waals surface area contributed by atoms with E-state index in [0.717, 1.165) is 30.5 Å². The van der Waals surface area contributed by atoms with Crippen LogP contribution in [0.25, 0.3) is 0 Å². The van der Waals surface area contributed by atoms with E-state index in [-0.39, 0.29) is 5.91 Å². The summed E-state index contributed by atoms with van der Waals surface area (Å²) in [5.41, 5.74) is 0.645. The second-order valence-corrected chi connectivity index (χ2v) is 5.46. The molecule has 1 aromatic rings. The van der Waals surface area contributed by atoms with Gasteiger partial charge in [-0.25, -0.2) is 0 Å². The van der Waals surface area contributed by atoms with E-state index in [1.54, 1.807) is 38.3 Å². The van der Waals surface area contributed by atoms with E-state index in [1.807, 2.05) is 0 Å². The Kier molecular flexibility index (Phi) is 2.92. The molecule has 0 radical (unpaired) electrons. The van der Waals surface area contributed by atoms with Gasteiger partial charge in [0, 0.05) is 6.92 Å². The molecule has 1 aliphatic carbocycles. The fraction of sp³-hybridized carbons (Fsp3) is 0.467. The quantitative estimate of drug-likeness (QED) is 0.615. The lowest BCUT2D eigenvalue weighted by Crippen LogP contribution is -2.38. The van der Waals surface area contributed by atoms with Gasteiger partial charge in [-0.3, -0.25) is 4.79 Å². The molecule has 0 saturated heterocycles. The van der Waals surface area contributed by atoms with Gasteiger partial charge in [0.15, 0.2) is 0 Å². The summed E-state index contributed by atoms with van der Waals surface area (Å²) in [6, 6.07) is 6.99. The van der Waals surface area contributed by atoms with Crippen molar-refractivity contribution in [3.05, 3.63) is 29.5 Å². The number of hydrazone groups is 1. The van der Waals surface area contributed by atoms with Crippen LogP contribution in [-0.4, -0.2) is 23.6 Å². The van der Waals surface area contributed by atoms with Crippen molar-refractivity contribution in [1.82, 2.24) is 0 Å². The van der Waals surface area contributed by atoms with Gasteiger partial charge in [0.25, 0.3) is 0 Å². The zero-order chi connectivity index (χ0) is 14.3. The first-order chi connectivity index (χ1) is 9.60. The molecule has 2 aliphatic rings. The normalized spacial score (nSPS) is 21.1. The average Bonchev–Trinajstić information content (AvgIpc) is 3.03. The van der Waals surface area contributed by atoms with Gasteiger partial charge in [0.1, 0.15) is 16.9 Å². The Balaban J connectivity index is 2.00. The molecule has 0 atom stereocenters. The van der Waals surface area contributed by atoms with Crippen molar-refractivity contribution in [3.8, 4) is 5.75 Å². The van der Waals surface area contributed by atoms with Crippen molar-refractivity contribution in [2.45, 2.75) is 32.6 Å². The number of hydrogen-bond donors (Lipinski definition) is 0. The minimum atomic E-state index is -0.568. The topological polar surface area (TPSA) is 55.6 Å². The van der Waals surface area contributed by atoms with Crippen LogP contribution in [0.4, 0.5) is 5.69 Å². The predicted molar refractivity (Wildman–Crippen MR) is 75.7 cm³/mol. The zero-order valence-corrected chi connectivity index (χ0v) is 11.8. The first-order valence-electron chi connectivity index (χ1n) is 6.90. The summed E-state index contributed by atoms with van der Waals surface area (Å²) in [5.74, 6) is 0.613. The van der Waals surface area contributed by atoms with Crippen molar-refractivity contribution in [1.29, 1.82) is 0 Å². The Hall–Kier alpha value is -2.04. The van der Waals surface area contributed by atoms with Gasteiger partial charge in [-0.2, -0.15) is 0 Å². The molecule has 1 aromatic carbocycles. The molecule has 1 heterocycles. The van der Waals surface area contributed by atoms with Gasteiger partial charge in [-0.05, 0) is 37.1 Å². The molecular formula is C15H18N2O3. The molecule has 106 valence electrons. The number of rotatable bonds is 2. The minimum absolute atomic E-state index is 0.0901. The van der Waals surface area contributed by atoms with Gasteiger partial charge in [-0.15, -0.1) is 0 Å². The monoisotopic (exact) mass is 274 g/mol. The van der Waals surface area contributed by atoms with Gasteiger partial charge >= 0.3 is 5.91 Å². The number of hydrogen-bond acceptors (Lipinski definition) is 3. The van der Waals surface area contributed by atoms with E-state index in [2.05, 4.69) is 0 Å². The molecule has 1 fully saturated rings. The molecule has 0 aromatic heterocycles. The Labute approximate surface area is 118 Å². The zero-order valence-electron chi connectivity index (χ0n) is 11.8. The number of hydrazine groups is 1. The Morgan fingerprint density at radius 3 is 2.40 bits per heavy atom. The van der Waals surface area contributed by atoms with Crippen molar-refractivity contribution < 1.29 is 14.4 Å². The minimum Gasteiger partial charge on any atom is -0.596 e. The molecule has 1 saturated carbocycles. The average molecular weight is 274 g/mol. The number of anilines is 1. The third-order valence-electron chi connectivity index (χ3n) is 4.54. The van der Waals surface area contributed by atoms with Gasteiger partial charge in [0.2, 0.25) is 5.71 Å². The van der Waals surface area contributed by atoms with Crippen molar-refractivity contribution >= 4 is 17.3 Å². The summed E-state index contributed by atoms with van der Waals surface area (Å²) in [6.07, 6.45) is 3.58. The van der Waals surface area contributed by atoms with Crippen LogP contribution in [0.15, 0.2) is 24.3 Å². The number of carbonyl (C=O) groups excluding carboxylic acids is 1. The fourth-order valence-electron chi connectivity index (χ4n) is 3.27. The molecule has 20 heavy (non-hydrogen) atoms. The highest BCUT2D eigenvalue weighted by atomic mass is 16.5. The van der Waals surface area contributed by atoms with E-state index in [0.29, 0.717) is 17.1 Å². The second-order valence-electron chi connectivity index (χ2n) is 5.46. The van der Waals surface area contributed by atoms with Crippen LogP contribution in [-0.2, 0) is 4.79 Å². The number of amides is 1. The van der Waals surface area contributed by atoms with E-state index >= 15 is 0 Å². The summed E-state index contributed by atoms with van der Waals surface area (Å²) in [6.45, 7) is 1.78. The number of benzene rings is 1. The fourth-order valence-corrected chi connectivity index (χ4v) is 3.27. The first-order valence-corrected chi connectivity index (χ1v) is 6.90. The van der Waals surface area contributed by atoms with Crippen LogP contribution in [0.5, 0.6) is 5.75 Å². The standard InChI is InChI=1S/C15H18N2O3/c1-11-15(9-3-4-10-15)14(18)16(17(11)19)12-5-7-13(20-2)8-6-12/h5-8H,3-4,9-10H2,1-2H3. The molecule has 1 amide bonds. The van der Waals surface area contributed by atoms with Crippen LogP contribution in [0.2, 0.25) is 0 Å². The van der Waals surface area contributed by atoms with Crippen LogP contribution in [0.3, 0.4) is 0 Å². The van der Waals surface area contributed by atoms with Crippen LogP contribution in [0.1, 0.15) is 32.6 Å². The number of methoxy groups -OCH3 is 1. The van der Waals surface area contributed by atoms with E-state index in [1.165, 1.54) is 5.01 Å². The molecule has 1 spiro atoms. The molecular weight excluding hydrogens is 256 g/mol. The van der Waals surface area contributed by atoms with Crippen molar-refractivity contribution in [2.24, 2.45) is 5.41 Å². The highest BCUT2D eigenvalue weighted by Gasteiger charge is 2.58. The predicted octanol–water partition coefficient (Wildman–Crippen LogP) is 2.49. The summed E-state index contributed by atoms with van der Waals surface area (Å²) >= 11 is 0. The summed E-state index contributed by atoms with van der Waals surface area (Å²) in [4.78, 5) is 13.5. The highest BCUT2D eigenvalue weighted by molar-refractivity contribution is 6.14. The highest BCUT2D eigenvalue weighted by Crippen LogP contribution is 2.45. The smallest absolute Gasteiger partial charge is 0.301 e. The molecule has 0 bridgehead atoms. The van der Waals surface area contributed by atoms with Gasteiger partial charge < -0.3 is 9.94 Å². The largest absolute Gasteiger partial charge is 0.596 e.